The van der Waals surface area contributed by atoms with Gasteiger partial charge in [0.25, 0.3) is 0 Å². The molecule has 1 rings (SSSR count). The Morgan fingerprint density at radius 2 is 1.60 bits per heavy atom. The van der Waals surface area contributed by atoms with Crippen LogP contribution in [0.5, 0.6) is 0 Å². The highest BCUT2D eigenvalue weighted by molar-refractivity contribution is 4.93. The first-order valence-electron chi connectivity index (χ1n) is 6.32. The van der Waals surface area contributed by atoms with Gasteiger partial charge in [0.2, 0.25) is 0 Å². The smallest absolute Gasteiger partial charge is 0.0278 e. The van der Waals surface area contributed by atoms with Gasteiger partial charge in [-0.25, -0.2) is 0 Å². The van der Waals surface area contributed by atoms with Crippen LogP contribution in [0.4, 0.5) is 0 Å². The molecule has 15 heavy (non-hydrogen) atoms. The van der Waals surface area contributed by atoms with Gasteiger partial charge in [0.05, 0.1) is 0 Å². The monoisotopic (exact) mass is 212 g/mol. The Morgan fingerprint density at radius 1 is 1.13 bits per heavy atom. The minimum absolute atomic E-state index is 0.0445. The Balaban J connectivity index is 2.34. The summed E-state index contributed by atoms with van der Waals surface area (Å²) in [6.07, 6.45) is 2.17. The van der Waals surface area contributed by atoms with E-state index in [1.165, 1.54) is 13.1 Å². The van der Waals surface area contributed by atoms with Crippen LogP contribution in [0.1, 0.15) is 47.5 Å². The minimum Gasteiger partial charge on any atom is -0.324 e. The first-order valence-corrected chi connectivity index (χ1v) is 6.32. The standard InChI is InChI=1S/C13H28N2/c1-6-13(14,7-2)10-15-8-11(9-15)12(3,4)5/h11H,6-10,14H2,1-5H3. The predicted molar refractivity (Wildman–Crippen MR) is 66.9 cm³/mol. The van der Waals surface area contributed by atoms with Gasteiger partial charge >= 0.3 is 0 Å². The Morgan fingerprint density at radius 3 is 1.93 bits per heavy atom. The van der Waals surface area contributed by atoms with Crippen molar-refractivity contribution in [3.8, 4) is 0 Å². The maximum Gasteiger partial charge on any atom is 0.0278 e. The Kier molecular flexibility index (Phi) is 3.83. The fourth-order valence-corrected chi connectivity index (χ4v) is 2.17. The third-order valence-electron chi connectivity index (χ3n) is 4.13. The van der Waals surface area contributed by atoms with Gasteiger partial charge in [-0.3, -0.25) is 0 Å². The molecule has 0 amide bonds. The van der Waals surface area contributed by atoms with Gasteiger partial charge in [0, 0.05) is 25.2 Å². The van der Waals surface area contributed by atoms with Crippen LogP contribution >= 0.6 is 0 Å². The van der Waals surface area contributed by atoms with Crippen molar-refractivity contribution in [1.29, 1.82) is 0 Å². The molecule has 0 aromatic rings. The molecule has 0 bridgehead atoms. The molecular formula is C13H28N2. The fraction of sp³-hybridized carbons (Fsp3) is 1.00. The normalized spacial score (nSPS) is 20.4. The van der Waals surface area contributed by atoms with Gasteiger partial charge < -0.3 is 10.6 Å². The van der Waals surface area contributed by atoms with Gasteiger partial charge in [0.15, 0.2) is 0 Å². The molecule has 1 fully saturated rings. The molecule has 0 unspecified atom stereocenters. The summed E-state index contributed by atoms with van der Waals surface area (Å²) in [4.78, 5) is 2.52. The summed E-state index contributed by atoms with van der Waals surface area (Å²) < 4.78 is 0. The zero-order valence-electron chi connectivity index (χ0n) is 11.1. The third kappa shape index (κ3) is 3.18. The largest absolute Gasteiger partial charge is 0.324 e. The second-order valence-electron chi connectivity index (χ2n) is 6.33. The summed E-state index contributed by atoms with van der Waals surface area (Å²) in [7, 11) is 0. The summed E-state index contributed by atoms with van der Waals surface area (Å²) in [5.41, 5.74) is 6.83. The third-order valence-corrected chi connectivity index (χ3v) is 4.13. The lowest BCUT2D eigenvalue weighted by Gasteiger charge is -2.49. The molecule has 2 N–H and O–H groups in total. The van der Waals surface area contributed by atoms with E-state index in [9.17, 15) is 0 Å². The Labute approximate surface area is 95.2 Å². The highest BCUT2D eigenvalue weighted by atomic mass is 15.2. The molecule has 0 atom stereocenters. The topological polar surface area (TPSA) is 29.3 Å². The predicted octanol–water partition coefficient (Wildman–Crippen LogP) is 2.48. The van der Waals surface area contributed by atoms with E-state index in [0.29, 0.717) is 5.41 Å². The molecule has 1 aliphatic rings. The van der Waals surface area contributed by atoms with Crippen LogP contribution in [0.25, 0.3) is 0 Å². The minimum atomic E-state index is 0.0445. The van der Waals surface area contributed by atoms with E-state index in [-0.39, 0.29) is 5.54 Å². The van der Waals surface area contributed by atoms with Crippen LogP contribution in [0.2, 0.25) is 0 Å². The molecule has 0 aromatic heterocycles. The van der Waals surface area contributed by atoms with Crippen molar-refractivity contribution < 1.29 is 0 Å². The van der Waals surface area contributed by atoms with E-state index in [2.05, 4.69) is 39.5 Å². The van der Waals surface area contributed by atoms with E-state index in [1.54, 1.807) is 0 Å². The van der Waals surface area contributed by atoms with Crippen LogP contribution in [-0.2, 0) is 0 Å². The number of nitrogens with two attached hydrogens (primary N) is 1. The molecule has 90 valence electrons. The van der Waals surface area contributed by atoms with Crippen LogP contribution in [0, 0.1) is 11.3 Å². The molecule has 1 aliphatic heterocycles. The molecule has 0 saturated carbocycles. The van der Waals surface area contributed by atoms with E-state index >= 15 is 0 Å². The second-order valence-corrected chi connectivity index (χ2v) is 6.33. The molecule has 1 heterocycles. The first-order chi connectivity index (χ1) is 6.80. The Hall–Kier alpha value is -0.0800. The van der Waals surface area contributed by atoms with Crippen molar-refractivity contribution in [2.75, 3.05) is 19.6 Å². The number of hydrogen-bond acceptors (Lipinski definition) is 2. The van der Waals surface area contributed by atoms with Crippen molar-refractivity contribution in [2.24, 2.45) is 17.1 Å². The highest BCUT2D eigenvalue weighted by Gasteiger charge is 2.38. The molecule has 0 aliphatic carbocycles. The SMILES string of the molecule is CCC(N)(CC)CN1CC(C(C)(C)C)C1. The average Bonchev–Trinajstić information content (AvgIpc) is 2.08. The molecular weight excluding hydrogens is 184 g/mol. The fourth-order valence-electron chi connectivity index (χ4n) is 2.17. The summed E-state index contributed by atoms with van der Waals surface area (Å²) in [6.45, 7) is 15.0. The van der Waals surface area contributed by atoms with Crippen LogP contribution in [0.3, 0.4) is 0 Å². The van der Waals surface area contributed by atoms with Crippen molar-refractivity contribution >= 4 is 0 Å². The molecule has 0 aromatic carbocycles. The highest BCUT2D eigenvalue weighted by Crippen LogP contribution is 2.34. The zero-order valence-corrected chi connectivity index (χ0v) is 11.1. The number of hydrogen-bond donors (Lipinski definition) is 1. The summed E-state index contributed by atoms with van der Waals surface area (Å²) in [6, 6.07) is 0. The number of nitrogens with zero attached hydrogens (tertiary/aromatic N) is 1. The van der Waals surface area contributed by atoms with Crippen molar-refractivity contribution in [3.05, 3.63) is 0 Å². The second kappa shape index (κ2) is 4.42. The maximum absolute atomic E-state index is 6.32. The lowest BCUT2D eigenvalue weighted by atomic mass is 9.75. The lowest BCUT2D eigenvalue weighted by Crippen LogP contribution is -2.59. The van der Waals surface area contributed by atoms with Crippen molar-refractivity contribution in [3.63, 3.8) is 0 Å². The number of likely N-dealkylation sites (tertiary alicyclic amines) is 1. The van der Waals surface area contributed by atoms with Crippen molar-refractivity contribution in [1.82, 2.24) is 4.90 Å². The van der Waals surface area contributed by atoms with Gasteiger partial charge in [-0.1, -0.05) is 34.6 Å². The van der Waals surface area contributed by atoms with E-state index in [0.717, 1.165) is 25.3 Å². The lowest BCUT2D eigenvalue weighted by molar-refractivity contribution is 0.00820. The summed E-state index contributed by atoms with van der Waals surface area (Å²) in [5.74, 6) is 0.857. The van der Waals surface area contributed by atoms with E-state index in [4.69, 9.17) is 5.73 Å². The molecule has 0 radical (unpaired) electrons. The van der Waals surface area contributed by atoms with Gasteiger partial charge in [0.1, 0.15) is 0 Å². The summed E-state index contributed by atoms with van der Waals surface area (Å²) >= 11 is 0. The molecule has 2 heteroatoms. The average molecular weight is 212 g/mol. The maximum atomic E-state index is 6.32. The van der Waals surface area contributed by atoms with E-state index in [1.807, 2.05) is 0 Å². The first kappa shape index (κ1) is 13.0. The molecule has 0 spiro atoms. The van der Waals surface area contributed by atoms with Crippen LogP contribution < -0.4 is 5.73 Å². The van der Waals surface area contributed by atoms with Crippen molar-refractivity contribution in [2.45, 2.75) is 53.0 Å². The Bertz CT molecular complexity index is 195. The van der Waals surface area contributed by atoms with Gasteiger partial charge in [-0.2, -0.15) is 0 Å². The summed E-state index contributed by atoms with van der Waals surface area (Å²) in [5, 5.41) is 0. The molecule has 2 nitrogen and oxygen atoms in total. The van der Waals surface area contributed by atoms with Gasteiger partial charge in [-0.05, 0) is 24.2 Å². The van der Waals surface area contributed by atoms with Crippen LogP contribution in [-0.4, -0.2) is 30.1 Å². The van der Waals surface area contributed by atoms with E-state index < -0.39 is 0 Å². The van der Waals surface area contributed by atoms with Crippen LogP contribution in [0.15, 0.2) is 0 Å². The molecule has 1 saturated heterocycles. The zero-order chi connectivity index (χ0) is 11.7. The quantitative estimate of drug-likeness (QED) is 0.776. The van der Waals surface area contributed by atoms with Gasteiger partial charge in [-0.15, -0.1) is 0 Å². The number of rotatable bonds is 4.